The maximum atomic E-state index is 12.5. The summed E-state index contributed by atoms with van der Waals surface area (Å²) in [7, 11) is -1.74. The molecule has 32 heavy (non-hydrogen) atoms. The SMILES string of the molecule is Cn1cnnc1S(=O)(=O)CCCN1CCN(c2cc(C3CCC3)nc(C(C)(C)C)n2)CC1. The van der Waals surface area contributed by atoms with Crippen molar-refractivity contribution in [1.29, 1.82) is 0 Å². The first-order valence-electron chi connectivity index (χ1n) is 11.6. The van der Waals surface area contributed by atoms with Crippen molar-refractivity contribution in [3.05, 3.63) is 23.9 Å². The van der Waals surface area contributed by atoms with Crippen molar-refractivity contribution in [3.8, 4) is 0 Å². The van der Waals surface area contributed by atoms with Gasteiger partial charge in [0.05, 0.1) is 5.75 Å². The molecule has 1 saturated carbocycles. The zero-order valence-corrected chi connectivity index (χ0v) is 20.5. The zero-order chi connectivity index (χ0) is 22.9. The topological polar surface area (TPSA) is 97.1 Å². The monoisotopic (exact) mass is 461 g/mol. The van der Waals surface area contributed by atoms with Gasteiger partial charge in [-0.05, 0) is 25.8 Å². The molecule has 9 nitrogen and oxygen atoms in total. The Labute approximate surface area is 191 Å². The minimum Gasteiger partial charge on any atom is -0.354 e. The van der Waals surface area contributed by atoms with E-state index in [1.165, 1.54) is 35.9 Å². The van der Waals surface area contributed by atoms with Gasteiger partial charge >= 0.3 is 0 Å². The summed E-state index contributed by atoms with van der Waals surface area (Å²) in [6.07, 6.45) is 5.75. The second-order valence-corrected chi connectivity index (χ2v) is 12.1. The largest absolute Gasteiger partial charge is 0.354 e. The molecule has 0 bridgehead atoms. The maximum absolute atomic E-state index is 12.5. The van der Waals surface area contributed by atoms with E-state index in [0.29, 0.717) is 12.3 Å². The number of aromatic nitrogens is 5. The summed E-state index contributed by atoms with van der Waals surface area (Å²) in [4.78, 5) is 14.5. The molecular weight excluding hydrogens is 426 g/mol. The van der Waals surface area contributed by atoms with Crippen LogP contribution in [0.15, 0.2) is 17.6 Å². The third-order valence-electron chi connectivity index (χ3n) is 6.46. The number of anilines is 1. The molecule has 0 amide bonds. The smallest absolute Gasteiger partial charge is 0.249 e. The molecule has 0 spiro atoms. The lowest BCUT2D eigenvalue weighted by atomic mass is 9.82. The van der Waals surface area contributed by atoms with Gasteiger partial charge in [-0.25, -0.2) is 18.4 Å². The Morgan fingerprint density at radius 3 is 2.38 bits per heavy atom. The number of hydrogen-bond donors (Lipinski definition) is 0. The highest BCUT2D eigenvalue weighted by atomic mass is 32.2. The minimum absolute atomic E-state index is 0.0444. The number of hydrogen-bond acceptors (Lipinski definition) is 8. The van der Waals surface area contributed by atoms with E-state index in [9.17, 15) is 8.42 Å². The van der Waals surface area contributed by atoms with Crippen LogP contribution in [0.1, 0.15) is 63.9 Å². The van der Waals surface area contributed by atoms with Crippen LogP contribution in [-0.2, 0) is 22.3 Å². The van der Waals surface area contributed by atoms with E-state index in [1.807, 2.05) is 0 Å². The average molecular weight is 462 g/mol. The van der Waals surface area contributed by atoms with E-state index in [4.69, 9.17) is 9.97 Å². The lowest BCUT2D eigenvalue weighted by Crippen LogP contribution is -2.47. The van der Waals surface area contributed by atoms with Crippen molar-refractivity contribution in [1.82, 2.24) is 29.6 Å². The van der Waals surface area contributed by atoms with E-state index in [2.05, 4.69) is 46.8 Å². The average Bonchev–Trinajstić information content (AvgIpc) is 3.13. The summed E-state index contributed by atoms with van der Waals surface area (Å²) in [6.45, 7) is 10.9. The summed E-state index contributed by atoms with van der Waals surface area (Å²) >= 11 is 0. The van der Waals surface area contributed by atoms with Crippen LogP contribution in [0, 0.1) is 0 Å². The first-order valence-corrected chi connectivity index (χ1v) is 13.2. The van der Waals surface area contributed by atoms with E-state index in [1.54, 1.807) is 7.05 Å². The van der Waals surface area contributed by atoms with E-state index < -0.39 is 9.84 Å². The number of piperazine rings is 1. The van der Waals surface area contributed by atoms with Gasteiger partial charge in [-0.15, -0.1) is 10.2 Å². The molecule has 176 valence electrons. The third kappa shape index (κ3) is 5.11. The number of rotatable bonds is 7. The zero-order valence-electron chi connectivity index (χ0n) is 19.7. The van der Waals surface area contributed by atoms with Crippen molar-refractivity contribution >= 4 is 15.7 Å². The summed E-state index contributed by atoms with van der Waals surface area (Å²) < 4.78 is 26.4. The fourth-order valence-corrected chi connectivity index (χ4v) is 5.54. The molecule has 2 fully saturated rings. The lowest BCUT2D eigenvalue weighted by Gasteiger charge is -2.36. The van der Waals surface area contributed by atoms with Crippen molar-refractivity contribution in [2.45, 2.75) is 62.9 Å². The summed E-state index contributed by atoms with van der Waals surface area (Å²) in [5.41, 5.74) is 1.12. The van der Waals surface area contributed by atoms with Crippen molar-refractivity contribution in [3.63, 3.8) is 0 Å². The predicted octanol–water partition coefficient (Wildman–Crippen LogP) is 2.16. The quantitative estimate of drug-likeness (QED) is 0.619. The first-order chi connectivity index (χ1) is 15.1. The molecule has 2 aromatic heterocycles. The van der Waals surface area contributed by atoms with Crippen molar-refractivity contribution < 1.29 is 8.42 Å². The number of nitrogens with zero attached hydrogens (tertiary/aromatic N) is 7. The Kier molecular flexibility index (Phi) is 6.53. The summed E-state index contributed by atoms with van der Waals surface area (Å²) in [5, 5.41) is 7.47. The molecule has 0 radical (unpaired) electrons. The molecule has 1 aliphatic carbocycles. The van der Waals surface area contributed by atoms with E-state index in [-0.39, 0.29) is 16.3 Å². The Hall–Kier alpha value is -2.07. The van der Waals surface area contributed by atoms with E-state index >= 15 is 0 Å². The Morgan fingerprint density at radius 1 is 1.09 bits per heavy atom. The maximum Gasteiger partial charge on any atom is 0.249 e. The molecule has 0 N–H and O–H groups in total. The first kappa shape index (κ1) is 23.1. The molecule has 2 aromatic rings. The van der Waals surface area contributed by atoms with Crippen LogP contribution < -0.4 is 4.90 Å². The van der Waals surface area contributed by atoms with Crippen LogP contribution in [-0.4, -0.2) is 76.5 Å². The van der Waals surface area contributed by atoms with Crippen molar-refractivity contribution in [2.75, 3.05) is 43.4 Å². The molecule has 0 aromatic carbocycles. The van der Waals surface area contributed by atoms with Crippen LogP contribution in [0.3, 0.4) is 0 Å². The van der Waals surface area contributed by atoms with Gasteiger partial charge in [0, 0.05) is 56.3 Å². The second-order valence-electron chi connectivity index (χ2n) is 10.1. The molecule has 0 unspecified atom stereocenters. The Bertz CT molecular complexity index is 1030. The standard InChI is InChI=1S/C22H35N7O2S/c1-22(2,3)20-24-18(17-7-5-8-17)15-19(25-20)29-12-10-28(11-13-29)9-6-14-32(30,31)21-26-23-16-27(21)4/h15-17H,5-14H2,1-4H3. The van der Waals surface area contributed by atoms with Gasteiger partial charge in [0.2, 0.25) is 15.0 Å². The van der Waals surface area contributed by atoms with Gasteiger partial charge in [0.25, 0.3) is 0 Å². The van der Waals surface area contributed by atoms with Gasteiger partial charge in [-0.2, -0.15) is 0 Å². The van der Waals surface area contributed by atoms with Gasteiger partial charge in [0.15, 0.2) is 0 Å². The Balaban J connectivity index is 1.34. The molecular formula is C22H35N7O2S. The highest BCUT2D eigenvalue weighted by Crippen LogP contribution is 2.37. The fraction of sp³-hybridized carbons (Fsp3) is 0.727. The molecule has 1 saturated heterocycles. The Morgan fingerprint density at radius 2 is 1.81 bits per heavy atom. The second kappa shape index (κ2) is 9.05. The third-order valence-corrected chi connectivity index (χ3v) is 8.21. The van der Waals surface area contributed by atoms with Gasteiger partial charge in [-0.1, -0.05) is 27.2 Å². The van der Waals surface area contributed by atoms with Crippen LogP contribution in [0.4, 0.5) is 5.82 Å². The van der Waals surface area contributed by atoms with Crippen LogP contribution >= 0.6 is 0 Å². The lowest BCUT2D eigenvalue weighted by molar-refractivity contribution is 0.258. The van der Waals surface area contributed by atoms with Crippen molar-refractivity contribution in [2.24, 2.45) is 7.05 Å². The van der Waals surface area contributed by atoms with Gasteiger partial charge in [0.1, 0.15) is 18.0 Å². The normalized spacial score (nSPS) is 18.7. The predicted molar refractivity (Wildman–Crippen MR) is 124 cm³/mol. The molecule has 3 heterocycles. The van der Waals surface area contributed by atoms with Crippen LogP contribution in [0.25, 0.3) is 0 Å². The molecule has 1 aliphatic heterocycles. The molecule has 2 aliphatic rings. The summed E-state index contributed by atoms with van der Waals surface area (Å²) in [5.74, 6) is 2.63. The fourth-order valence-electron chi connectivity index (χ4n) is 4.19. The minimum atomic E-state index is -3.40. The van der Waals surface area contributed by atoms with Crippen LogP contribution in [0.2, 0.25) is 0 Å². The van der Waals surface area contributed by atoms with Crippen LogP contribution in [0.5, 0.6) is 0 Å². The summed E-state index contributed by atoms with van der Waals surface area (Å²) in [6, 6.07) is 2.20. The van der Waals surface area contributed by atoms with E-state index in [0.717, 1.165) is 44.4 Å². The highest BCUT2D eigenvalue weighted by molar-refractivity contribution is 7.91. The molecule has 4 rings (SSSR count). The number of aryl methyl sites for hydroxylation is 1. The molecule has 0 atom stereocenters. The van der Waals surface area contributed by atoms with Gasteiger partial charge < -0.3 is 9.47 Å². The molecule has 10 heteroatoms. The van der Waals surface area contributed by atoms with Gasteiger partial charge in [-0.3, -0.25) is 4.90 Å². The number of sulfone groups is 1. The highest BCUT2D eigenvalue weighted by Gasteiger charge is 2.28.